The minimum atomic E-state index is -0.490. The molecular formula is C12H18BrClN2O3. The second kappa shape index (κ2) is 10.0. The number of nitrogens with one attached hydrogen (secondary N) is 1. The van der Waals surface area contributed by atoms with Gasteiger partial charge in [0.05, 0.1) is 6.61 Å². The number of methoxy groups -OCH3 is 1. The molecule has 19 heavy (non-hydrogen) atoms. The van der Waals surface area contributed by atoms with Gasteiger partial charge in [-0.05, 0) is 18.2 Å². The summed E-state index contributed by atoms with van der Waals surface area (Å²) in [5.41, 5.74) is 6.01. The van der Waals surface area contributed by atoms with Crippen LogP contribution in [0.25, 0.3) is 0 Å². The summed E-state index contributed by atoms with van der Waals surface area (Å²) >= 11 is 3.40. The summed E-state index contributed by atoms with van der Waals surface area (Å²) in [6.07, 6.45) is 0. The fourth-order valence-electron chi connectivity index (χ4n) is 1.37. The van der Waals surface area contributed by atoms with Gasteiger partial charge in [-0.15, -0.1) is 12.4 Å². The number of amides is 1. The summed E-state index contributed by atoms with van der Waals surface area (Å²) in [6.45, 7) is 1.91. The quantitative estimate of drug-likeness (QED) is 0.694. The number of carbonyl (C=O) groups is 1. The predicted octanol–water partition coefficient (Wildman–Crippen LogP) is 1.47. The third-order valence-corrected chi connectivity index (χ3v) is 2.68. The van der Waals surface area contributed by atoms with Gasteiger partial charge in [0.15, 0.2) is 6.61 Å². The molecule has 0 atom stereocenters. The topological polar surface area (TPSA) is 73.6 Å². The maximum absolute atomic E-state index is 10.7. The van der Waals surface area contributed by atoms with Crippen LogP contribution in [-0.2, 0) is 16.1 Å². The molecule has 0 aliphatic rings. The zero-order valence-corrected chi connectivity index (χ0v) is 13.1. The fraction of sp³-hybridized carbons (Fsp3) is 0.417. The Kier molecular flexibility index (Phi) is 9.59. The highest BCUT2D eigenvalue weighted by Crippen LogP contribution is 2.23. The van der Waals surface area contributed by atoms with E-state index in [0.717, 1.165) is 16.6 Å². The second-order valence-electron chi connectivity index (χ2n) is 3.68. The molecule has 1 rings (SSSR count). The first kappa shape index (κ1) is 18.2. The molecule has 1 aromatic rings. The smallest absolute Gasteiger partial charge is 0.255 e. The molecule has 1 aromatic carbocycles. The largest absolute Gasteiger partial charge is 0.483 e. The standard InChI is InChI=1S/C12H17BrN2O3.ClH/c1-17-5-4-15-7-9-6-10(13)2-3-11(9)18-8-12(14)16;/h2-3,6,15H,4-5,7-8H2,1H3,(H2,14,16);1H. The summed E-state index contributed by atoms with van der Waals surface area (Å²) in [5, 5.41) is 3.22. The van der Waals surface area contributed by atoms with Crippen LogP contribution in [0.1, 0.15) is 5.56 Å². The number of benzene rings is 1. The Morgan fingerprint density at radius 1 is 1.47 bits per heavy atom. The third-order valence-electron chi connectivity index (χ3n) is 2.19. The van der Waals surface area contributed by atoms with Gasteiger partial charge in [-0.3, -0.25) is 4.79 Å². The lowest BCUT2D eigenvalue weighted by atomic mass is 10.2. The average Bonchev–Trinajstić information content (AvgIpc) is 2.33. The van der Waals surface area contributed by atoms with E-state index in [1.807, 2.05) is 12.1 Å². The average molecular weight is 354 g/mol. The number of rotatable bonds is 8. The van der Waals surface area contributed by atoms with Crippen molar-refractivity contribution in [3.05, 3.63) is 28.2 Å². The molecule has 0 aliphatic carbocycles. The minimum Gasteiger partial charge on any atom is -0.483 e. The van der Waals surface area contributed by atoms with E-state index >= 15 is 0 Å². The number of hydrogen-bond acceptors (Lipinski definition) is 4. The Bertz CT molecular complexity index is 405. The number of carbonyl (C=O) groups excluding carboxylic acids is 1. The highest BCUT2D eigenvalue weighted by molar-refractivity contribution is 9.10. The maximum atomic E-state index is 10.7. The van der Waals surface area contributed by atoms with E-state index < -0.39 is 5.91 Å². The number of primary amides is 1. The maximum Gasteiger partial charge on any atom is 0.255 e. The molecule has 0 bridgehead atoms. The first-order chi connectivity index (χ1) is 8.63. The van der Waals surface area contributed by atoms with Crippen LogP contribution >= 0.6 is 28.3 Å². The Hall–Kier alpha value is -0.820. The Labute approximate surface area is 127 Å². The summed E-state index contributed by atoms with van der Waals surface area (Å²) in [4.78, 5) is 10.7. The summed E-state index contributed by atoms with van der Waals surface area (Å²) in [6, 6.07) is 5.60. The van der Waals surface area contributed by atoms with Crippen molar-refractivity contribution < 1.29 is 14.3 Å². The van der Waals surface area contributed by atoms with E-state index in [-0.39, 0.29) is 19.0 Å². The lowest BCUT2D eigenvalue weighted by Crippen LogP contribution is -2.22. The molecule has 0 heterocycles. The van der Waals surface area contributed by atoms with Gasteiger partial charge >= 0.3 is 0 Å². The minimum absolute atomic E-state index is 0. The molecule has 3 N–H and O–H groups in total. The van der Waals surface area contributed by atoms with E-state index in [2.05, 4.69) is 21.2 Å². The van der Waals surface area contributed by atoms with Crippen LogP contribution in [0.15, 0.2) is 22.7 Å². The van der Waals surface area contributed by atoms with Gasteiger partial charge in [0.1, 0.15) is 5.75 Å². The molecule has 1 amide bonds. The normalized spacial score (nSPS) is 9.79. The van der Waals surface area contributed by atoms with Gasteiger partial charge in [0, 0.05) is 30.2 Å². The predicted molar refractivity (Wildman–Crippen MR) is 79.7 cm³/mol. The van der Waals surface area contributed by atoms with Gasteiger partial charge in [0.2, 0.25) is 0 Å². The van der Waals surface area contributed by atoms with E-state index in [0.29, 0.717) is 18.9 Å². The number of hydrogen-bond donors (Lipinski definition) is 2. The molecule has 0 fully saturated rings. The van der Waals surface area contributed by atoms with Gasteiger partial charge in [-0.1, -0.05) is 15.9 Å². The van der Waals surface area contributed by atoms with Crippen molar-refractivity contribution in [3.8, 4) is 5.75 Å². The number of nitrogens with two attached hydrogens (primary N) is 1. The van der Waals surface area contributed by atoms with Crippen molar-refractivity contribution in [2.24, 2.45) is 5.73 Å². The Balaban J connectivity index is 0.00000324. The Morgan fingerprint density at radius 3 is 2.84 bits per heavy atom. The molecule has 0 radical (unpaired) electrons. The molecule has 0 unspecified atom stereocenters. The van der Waals surface area contributed by atoms with Gasteiger partial charge in [0.25, 0.3) is 5.91 Å². The third kappa shape index (κ3) is 7.37. The van der Waals surface area contributed by atoms with E-state index in [9.17, 15) is 4.79 Å². The molecule has 0 spiro atoms. The van der Waals surface area contributed by atoms with Crippen LogP contribution in [0.2, 0.25) is 0 Å². The number of ether oxygens (including phenoxy) is 2. The van der Waals surface area contributed by atoms with Crippen molar-refractivity contribution in [1.29, 1.82) is 0 Å². The first-order valence-electron chi connectivity index (χ1n) is 5.52. The number of halogens is 2. The van der Waals surface area contributed by atoms with Crippen LogP contribution < -0.4 is 15.8 Å². The summed E-state index contributed by atoms with van der Waals surface area (Å²) < 4.78 is 11.2. The fourth-order valence-corrected chi connectivity index (χ4v) is 1.78. The highest BCUT2D eigenvalue weighted by Gasteiger charge is 2.06. The SMILES string of the molecule is COCCNCc1cc(Br)ccc1OCC(N)=O.Cl. The Morgan fingerprint density at radius 2 is 2.21 bits per heavy atom. The van der Waals surface area contributed by atoms with Crippen molar-refractivity contribution >= 4 is 34.2 Å². The highest BCUT2D eigenvalue weighted by atomic mass is 79.9. The molecule has 0 aliphatic heterocycles. The zero-order valence-electron chi connectivity index (χ0n) is 10.6. The van der Waals surface area contributed by atoms with Crippen molar-refractivity contribution in [1.82, 2.24) is 5.32 Å². The zero-order chi connectivity index (χ0) is 13.4. The lowest BCUT2D eigenvalue weighted by Gasteiger charge is -2.11. The molecule has 0 aromatic heterocycles. The van der Waals surface area contributed by atoms with Crippen LogP contribution in [0.3, 0.4) is 0 Å². The van der Waals surface area contributed by atoms with E-state index in [4.69, 9.17) is 15.2 Å². The molecule has 108 valence electrons. The van der Waals surface area contributed by atoms with E-state index in [1.165, 1.54) is 0 Å². The van der Waals surface area contributed by atoms with Crippen molar-refractivity contribution in [3.63, 3.8) is 0 Å². The van der Waals surface area contributed by atoms with Crippen LogP contribution in [0.5, 0.6) is 5.75 Å². The van der Waals surface area contributed by atoms with Crippen molar-refractivity contribution in [2.45, 2.75) is 6.54 Å². The molecule has 0 saturated heterocycles. The van der Waals surface area contributed by atoms with Crippen LogP contribution in [0, 0.1) is 0 Å². The molecule has 7 heteroatoms. The second-order valence-corrected chi connectivity index (χ2v) is 4.59. The summed E-state index contributed by atoms with van der Waals surface area (Å²) in [7, 11) is 1.65. The van der Waals surface area contributed by atoms with Crippen molar-refractivity contribution in [2.75, 3.05) is 26.9 Å². The first-order valence-corrected chi connectivity index (χ1v) is 6.32. The van der Waals surface area contributed by atoms with Gasteiger partial charge in [-0.25, -0.2) is 0 Å². The van der Waals surface area contributed by atoms with Gasteiger partial charge < -0.3 is 20.5 Å². The molecular weight excluding hydrogens is 336 g/mol. The monoisotopic (exact) mass is 352 g/mol. The lowest BCUT2D eigenvalue weighted by molar-refractivity contribution is -0.119. The van der Waals surface area contributed by atoms with Crippen LogP contribution in [0.4, 0.5) is 0 Å². The summed E-state index contributed by atoms with van der Waals surface area (Å²) in [5.74, 6) is 0.165. The van der Waals surface area contributed by atoms with Crippen LogP contribution in [-0.4, -0.2) is 32.8 Å². The molecule has 0 saturated carbocycles. The van der Waals surface area contributed by atoms with Gasteiger partial charge in [-0.2, -0.15) is 0 Å². The molecule has 5 nitrogen and oxygen atoms in total. The van der Waals surface area contributed by atoms with E-state index in [1.54, 1.807) is 13.2 Å².